The zero-order chi connectivity index (χ0) is 19.0. The molecule has 0 aliphatic heterocycles. The molecule has 0 fully saturated rings. The van der Waals surface area contributed by atoms with Crippen LogP contribution in [0.4, 0.5) is 4.79 Å². The van der Waals surface area contributed by atoms with Crippen LogP contribution in [0.3, 0.4) is 0 Å². The molecule has 25 heavy (non-hydrogen) atoms. The van der Waals surface area contributed by atoms with E-state index in [4.69, 9.17) is 4.74 Å². The van der Waals surface area contributed by atoms with E-state index in [-0.39, 0.29) is 13.1 Å². The summed E-state index contributed by atoms with van der Waals surface area (Å²) in [5.41, 5.74) is 0.201. The molecule has 1 aromatic rings. The van der Waals surface area contributed by atoms with Crippen molar-refractivity contribution >= 4 is 18.0 Å². The Balaban J connectivity index is 2.80. The second kappa shape index (κ2) is 9.05. The number of ether oxygens (including phenoxy) is 2. The standard InChI is InChI=1S/C18H26N2O5/c1-13(19-17(23)25-18(2,3)4)16(22)20(12-15(21)24-5)11-14-9-7-6-8-10-14/h6-10,13H,11-12H2,1-5H3,(H,19,23)/t13-/m1/s1. The maximum absolute atomic E-state index is 12.6. The topological polar surface area (TPSA) is 84.9 Å². The summed E-state index contributed by atoms with van der Waals surface area (Å²) in [7, 11) is 1.26. The molecule has 0 saturated carbocycles. The molecule has 0 aromatic heterocycles. The molecule has 7 nitrogen and oxygen atoms in total. The highest BCUT2D eigenvalue weighted by molar-refractivity contribution is 5.88. The maximum Gasteiger partial charge on any atom is 0.408 e. The molecule has 0 radical (unpaired) electrons. The number of methoxy groups -OCH3 is 1. The molecule has 0 heterocycles. The first-order valence-corrected chi connectivity index (χ1v) is 8.01. The number of alkyl carbamates (subject to hydrolysis) is 1. The molecule has 1 N–H and O–H groups in total. The highest BCUT2D eigenvalue weighted by Gasteiger charge is 2.26. The number of amides is 2. The monoisotopic (exact) mass is 350 g/mol. The first kappa shape index (κ1) is 20.5. The van der Waals surface area contributed by atoms with Gasteiger partial charge in [0.25, 0.3) is 0 Å². The van der Waals surface area contributed by atoms with Crippen molar-refractivity contribution in [3.8, 4) is 0 Å². The van der Waals surface area contributed by atoms with Gasteiger partial charge in [0.15, 0.2) is 0 Å². The second-order valence-electron chi connectivity index (χ2n) is 6.62. The van der Waals surface area contributed by atoms with Crippen LogP contribution in [0.1, 0.15) is 33.3 Å². The molecule has 0 unspecified atom stereocenters. The molecular formula is C18H26N2O5. The second-order valence-corrected chi connectivity index (χ2v) is 6.62. The van der Waals surface area contributed by atoms with Crippen LogP contribution >= 0.6 is 0 Å². The Kier molecular flexibility index (Phi) is 7.42. The van der Waals surface area contributed by atoms with Crippen molar-refractivity contribution in [2.24, 2.45) is 0 Å². The summed E-state index contributed by atoms with van der Waals surface area (Å²) in [4.78, 5) is 37.4. The molecule has 0 bridgehead atoms. The number of benzene rings is 1. The van der Waals surface area contributed by atoms with E-state index in [9.17, 15) is 14.4 Å². The van der Waals surface area contributed by atoms with E-state index in [1.54, 1.807) is 27.7 Å². The van der Waals surface area contributed by atoms with E-state index in [2.05, 4.69) is 10.1 Å². The number of hydrogen-bond donors (Lipinski definition) is 1. The molecule has 1 atom stereocenters. The fraction of sp³-hybridized carbons (Fsp3) is 0.500. The first-order valence-electron chi connectivity index (χ1n) is 8.01. The van der Waals surface area contributed by atoms with Crippen molar-refractivity contribution in [1.29, 1.82) is 0 Å². The fourth-order valence-corrected chi connectivity index (χ4v) is 2.06. The van der Waals surface area contributed by atoms with Crippen molar-refractivity contribution in [3.05, 3.63) is 35.9 Å². The number of nitrogens with one attached hydrogen (secondary N) is 1. The molecule has 0 spiro atoms. The van der Waals surface area contributed by atoms with Crippen LogP contribution in [0.25, 0.3) is 0 Å². The van der Waals surface area contributed by atoms with Crippen LogP contribution in [0.2, 0.25) is 0 Å². The zero-order valence-electron chi connectivity index (χ0n) is 15.4. The van der Waals surface area contributed by atoms with Crippen LogP contribution in [0, 0.1) is 0 Å². The Hall–Kier alpha value is -2.57. The number of carbonyl (C=O) groups excluding carboxylic acids is 3. The number of rotatable bonds is 6. The SMILES string of the molecule is COC(=O)CN(Cc1ccccc1)C(=O)[C@@H](C)NC(=O)OC(C)(C)C. The van der Waals surface area contributed by atoms with Gasteiger partial charge in [0, 0.05) is 6.54 Å². The largest absolute Gasteiger partial charge is 0.468 e. The molecule has 0 saturated heterocycles. The lowest BCUT2D eigenvalue weighted by Crippen LogP contribution is -2.49. The third-order valence-corrected chi connectivity index (χ3v) is 3.18. The molecule has 1 aromatic carbocycles. The van der Waals surface area contributed by atoms with Gasteiger partial charge in [-0.1, -0.05) is 30.3 Å². The van der Waals surface area contributed by atoms with Gasteiger partial charge in [-0.15, -0.1) is 0 Å². The maximum atomic E-state index is 12.6. The zero-order valence-corrected chi connectivity index (χ0v) is 15.4. The molecule has 0 aliphatic rings. The molecular weight excluding hydrogens is 324 g/mol. The van der Waals surface area contributed by atoms with Gasteiger partial charge >= 0.3 is 12.1 Å². The van der Waals surface area contributed by atoms with Gasteiger partial charge in [0.2, 0.25) is 5.91 Å². The van der Waals surface area contributed by atoms with Gasteiger partial charge < -0.3 is 19.7 Å². The summed E-state index contributed by atoms with van der Waals surface area (Å²) in [5.74, 6) is -0.936. The summed E-state index contributed by atoms with van der Waals surface area (Å²) >= 11 is 0. The van der Waals surface area contributed by atoms with Crippen molar-refractivity contribution in [3.63, 3.8) is 0 Å². The van der Waals surface area contributed by atoms with Crippen molar-refractivity contribution in [2.75, 3.05) is 13.7 Å². The van der Waals surface area contributed by atoms with Crippen molar-refractivity contribution in [1.82, 2.24) is 10.2 Å². The summed E-state index contributed by atoms with van der Waals surface area (Å²) < 4.78 is 9.80. The molecule has 138 valence electrons. The van der Waals surface area contributed by atoms with Crippen LogP contribution < -0.4 is 5.32 Å². The Bertz CT molecular complexity index is 595. The predicted octanol–water partition coefficient (Wildman–Crippen LogP) is 2.10. The quantitative estimate of drug-likeness (QED) is 0.794. The Labute approximate surface area is 148 Å². The highest BCUT2D eigenvalue weighted by atomic mass is 16.6. The average molecular weight is 350 g/mol. The molecule has 0 aliphatic carbocycles. The third kappa shape index (κ3) is 7.69. The minimum atomic E-state index is -0.844. The van der Waals surface area contributed by atoms with Gasteiger partial charge in [-0.2, -0.15) is 0 Å². The average Bonchev–Trinajstić information content (AvgIpc) is 2.52. The van der Waals surface area contributed by atoms with Crippen LogP contribution in [0.15, 0.2) is 30.3 Å². The van der Waals surface area contributed by atoms with Gasteiger partial charge in [-0.05, 0) is 33.3 Å². The predicted molar refractivity (Wildman–Crippen MR) is 92.7 cm³/mol. The fourth-order valence-electron chi connectivity index (χ4n) is 2.06. The Morgan fingerprint density at radius 1 is 1.16 bits per heavy atom. The van der Waals surface area contributed by atoms with Gasteiger partial charge in [0.05, 0.1) is 7.11 Å². The van der Waals surface area contributed by atoms with Gasteiger partial charge in [0.1, 0.15) is 18.2 Å². The highest BCUT2D eigenvalue weighted by Crippen LogP contribution is 2.09. The summed E-state index contributed by atoms with van der Waals surface area (Å²) in [6, 6.07) is 8.41. The Morgan fingerprint density at radius 3 is 2.28 bits per heavy atom. The van der Waals surface area contributed by atoms with E-state index >= 15 is 0 Å². The van der Waals surface area contributed by atoms with Crippen molar-refractivity contribution in [2.45, 2.75) is 45.9 Å². The lowest BCUT2D eigenvalue weighted by atomic mass is 10.2. The number of hydrogen-bond acceptors (Lipinski definition) is 5. The van der Waals surface area contributed by atoms with E-state index in [0.717, 1.165) is 5.56 Å². The third-order valence-electron chi connectivity index (χ3n) is 3.18. The minimum Gasteiger partial charge on any atom is -0.468 e. The van der Waals surface area contributed by atoms with Gasteiger partial charge in [-0.3, -0.25) is 9.59 Å². The lowest BCUT2D eigenvalue weighted by Gasteiger charge is -2.26. The number of esters is 1. The number of nitrogens with zero attached hydrogens (tertiary/aromatic N) is 1. The van der Waals surface area contributed by atoms with E-state index < -0.39 is 29.6 Å². The minimum absolute atomic E-state index is 0.204. The first-order chi connectivity index (χ1) is 11.6. The summed E-state index contributed by atoms with van der Waals surface area (Å²) in [5, 5.41) is 2.49. The summed E-state index contributed by atoms with van der Waals surface area (Å²) in [6.45, 7) is 6.77. The van der Waals surface area contributed by atoms with Crippen LogP contribution in [-0.4, -0.2) is 48.2 Å². The smallest absolute Gasteiger partial charge is 0.408 e. The van der Waals surface area contributed by atoms with Gasteiger partial charge in [-0.25, -0.2) is 4.79 Å². The number of carbonyl (C=O) groups is 3. The lowest BCUT2D eigenvalue weighted by molar-refractivity contribution is -0.148. The molecule has 2 amide bonds. The van der Waals surface area contributed by atoms with Crippen LogP contribution in [-0.2, 0) is 25.6 Å². The molecule has 1 rings (SSSR count). The van der Waals surface area contributed by atoms with E-state index in [1.165, 1.54) is 12.0 Å². The van der Waals surface area contributed by atoms with E-state index in [1.807, 2.05) is 30.3 Å². The Morgan fingerprint density at radius 2 is 1.76 bits per heavy atom. The van der Waals surface area contributed by atoms with Crippen molar-refractivity contribution < 1.29 is 23.9 Å². The van der Waals surface area contributed by atoms with E-state index in [0.29, 0.717) is 0 Å². The summed E-state index contributed by atoms with van der Waals surface area (Å²) in [6.07, 6.45) is -0.689. The van der Waals surface area contributed by atoms with Crippen LogP contribution in [0.5, 0.6) is 0 Å². The normalized spacial score (nSPS) is 12.0. The molecule has 7 heteroatoms.